The molecule has 3 amide bonds. The van der Waals surface area contributed by atoms with E-state index in [1.807, 2.05) is 37.3 Å². The molecule has 3 aromatic rings. The van der Waals surface area contributed by atoms with Crippen LogP contribution in [0.25, 0.3) is 0 Å². The van der Waals surface area contributed by atoms with Crippen molar-refractivity contribution < 1.29 is 24.7 Å². The molecule has 0 spiro atoms. The monoisotopic (exact) mass is 554 g/mol. The van der Waals surface area contributed by atoms with Crippen molar-refractivity contribution in [1.82, 2.24) is 16.1 Å². The lowest BCUT2D eigenvalue weighted by atomic mass is 10.1. The summed E-state index contributed by atoms with van der Waals surface area (Å²) in [5.74, 6) is 9.68. The molecule has 212 valence electrons. The molecule has 0 aromatic heterocycles. The molecular formula is C32H34N4O5. The van der Waals surface area contributed by atoms with Crippen LogP contribution in [0.5, 0.6) is 0 Å². The van der Waals surface area contributed by atoms with Gasteiger partial charge in [0.05, 0.1) is 12.6 Å². The molecule has 6 N–H and O–H groups in total. The van der Waals surface area contributed by atoms with Gasteiger partial charge >= 0.3 is 0 Å². The number of anilines is 1. The topological polar surface area (TPSA) is 140 Å². The lowest BCUT2D eigenvalue weighted by Gasteiger charge is -2.19. The Morgan fingerprint density at radius 2 is 1.39 bits per heavy atom. The Balaban J connectivity index is 0.00000588. The van der Waals surface area contributed by atoms with Gasteiger partial charge in [-0.15, -0.1) is 0 Å². The van der Waals surface area contributed by atoms with E-state index < -0.39 is 24.0 Å². The first-order valence-electron chi connectivity index (χ1n) is 12.5. The summed E-state index contributed by atoms with van der Waals surface area (Å²) in [5.41, 5.74) is 4.79. The Hall–Kier alpha value is -4.93. The van der Waals surface area contributed by atoms with Crippen molar-refractivity contribution in [2.75, 3.05) is 11.9 Å². The van der Waals surface area contributed by atoms with E-state index in [0.29, 0.717) is 11.3 Å². The zero-order valence-corrected chi connectivity index (χ0v) is 22.1. The van der Waals surface area contributed by atoms with Gasteiger partial charge < -0.3 is 21.1 Å². The summed E-state index contributed by atoms with van der Waals surface area (Å²) in [6.07, 6.45) is -1.20. The zero-order valence-electron chi connectivity index (χ0n) is 22.1. The van der Waals surface area contributed by atoms with Crippen molar-refractivity contribution >= 4 is 23.4 Å². The van der Waals surface area contributed by atoms with Gasteiger partial charge in [0.1, 0.15) is 6.04 Å². The summed E-state index contributed by atoms with van der Waals surface area (Å²) in [5, 5.41) is 26.8. The summed E-state index contributed by atoms with van der Waals surface area (Å²) in [6, 6.07) is 22.1. The van der Waals surface area contributed by atoms with Crippen molar-refractivity contribution in [3.05, 3.63) is 101 Å². The molecule has 0 saturated carbocycles. The lowest BCUT2D eigenvalue weighted by molar-refractivity contribution is -0.133. The highest BCUT2D eigenvalue weighted by molar-refractivity contribution is 5.97. The summed E-state index contributed by atoms with van der Waals surface area (Å²) >= 11 is 0. The second-order valence-electron chi connectivity index (χ2n) is 8.88. The minimum atomic E-state index is -1.30. The standard InChI is InChI=1S/C31H30N4O5.CH4/c1-21(25-10-4-3-5-11-25)32-20-28(37)33-27-18-14-24(15-19-27)9-7-6-8-23-12-16-26(17-13-23)30(38)34-29(22(2)36)31(39)35-40;/h3-5,10-19,21-22,29,32,36,40H,20H2,1-2H3,(H,33,37)(H,34,38)(H,35,39);1H4/t21-,22-,29+;/m1./s1. The average Bonchev–Trinajstić information content (AvgIpc) is 2.97. The van der Waals surface area contributed by atoms with Gasteiger partial charge in [-0.2, -0.15) is 0 Å². The second kappa shape index (κ2) is 16.2. The van der Waals surface area contributed by atoms with Crippen LogP contribution in [0.4, 0.5) is 5.69 Å². The number of hydrogen-bond acceptors (Lipinski definition) is 6. The van der Waals surface area contributed by atoms with E-state index in [-0.39, 0.29) is 31.5 Å². The first-order chi connectivity index (χ1) is 19.3. The molecule has 0 heterocycles. The van der Waals surface area contributed by atoms with Crippen LogP contribution in [0, 0.1) is 23.7 Å². The summed E-state index contributed by atoms with van der Waals surface area (Å²) in [6.45, 7) is 3.51. The summed E-state index contributed by atoms with van der Waals surface area (Å²) in [4.78, 5) is 36.2. The van der Waals surface area contributed by atoms with Crippen molar-refractivity contribution in [3.8, 4) is 23.7 Å². The number of benzene rings is 3. The van der Waals surface area contributed by atoms with E-state index in [9.17, 15) is 19.5 Å². The van der Waals surface area contributed by atoms with Crippen molar-refractivity contribution in [1.29, 1.82) is 0 Å². The first-order valence-corrected chi connectivity index (χ1v) is 12.5. The summed E-state index contributed by atoms with van der Waals surface area (Å²) in [7, 11) is 0. The fourth-order valence-electron chi connectivity index (χ4n) is 3.56. The molecule has 0 fully saturated rings. The van der Waals surface area contributed by atoms with Crippen LogP contribution < -0.4 is 21.4 Å². The molecule has 3 aromatic carbocycles. The highest BCUT2D eigenvalue weighted by Gasteiger charge is 2.25. The molecule has 41 heavy (non-hydrogen) atoms. The van der Waals surface area contributed by atoms with Gasteiger partial charge in [-0.1, -0.05) is 49.6 Å². The van der Waals surface area contributed by atoms with E-state index >= 15 is 0 Å². The predicted octanol–water partition coefficient (Wildman–Crippen LogP) is 3.00. The third kappa shape index (κ3) is 10.3. The fraction of sp³-hybridized carbons (Fsp3) is 0.219. The van der Waals surface area contributed by atoms with Gasteiger partial charge in [0.2, 0.25) is 5.91 Å². The van der Waals surface area contributed by atoms with Crippen LogP contribution in [0.2, 0.25) is 0 Å². The highest BCUT2D eigenvalue weighted by atomic mass is 16.5. The van der Waals surface area contributed by atoms with Gasteiger partial charge in [0.15, 0.2) is 0 Å². The molecular weight excluding hydrogens is 520 g/mol. The number of hydroxylamine groups is 1. The Morgan fingerprint density at radius 1 is 0.829 bits per heavy atom. The molecule has 0 saturated heterocycles. The number of aliphatic hydroxyl groups excluding tert-OH is 1. The normalized spacial score (nSPS) is 12.0. The third-order valence-electron chi connectivity index (χ3n) is 5.82. The van der Waals surface area contributed by atoms with E-state index in [2.05, 4.69) is 39.6 Å². The molecule has 3 atom stereocenters. The van der Waals surface area contributed by atoms with E-state index in [1.54, 1.807) is 36.4 Å². The lowest BCUT2D eigenvalue weighted by Crippen LogP contribution is -2.51. The number of carbonyl (C=O) groups excluding carboxylic acids is 3. The van der Waals surface area contributed by atoms with Crippen LogP contribution in [-0.2, 0) is 9.59 Å². The Kier molecular flexibility index (Phi) is 12.8. The number of rotatable bonds is 9. The third-order valence-corrected chi connectivity index (χ3v) is 5.82. The number of carbonyl (C=O) groups is 3. The fourth-order valence-corrected chi connectivity index (χ4v) is 3.56. The number of hydrogen-bond donors (Lipinski definition) is 6. The van der Waals surface area contributed by atoms with E-state index in [4.69, 9.17) is 5.21 Å². The van der Waals surface area contributed by atoms with Gasteiger partial charge in [-0.3, -0.25) is 19.6 Å². The molecule has 0 aliphatic rings. The maximum atomic E-state index is 12.3. The van der Waals surface area contributed by atoms with E-state index in [0.717, 1.165) is 11.1 Å². The molecule has 0 aliphatic carbocycles. The largest absolute Gasteiger partial charge is 0.391 e. The van der Waals surface area contributed by atoms with Crippen LogP contribution in [0.15, 0.2) is 78.9 Å². The minimum Gasteiger partial charge on any atom is -0.391 e. The van der Waals surface area contributed by atoms with Crippen LogP contribution in [0.1, 0.15) is 54.4 Å². The smallest absolute Gasteiger partial charge is 0.268 e. The molecule has 9 heteroatoms. The van der Waals surface area contributed by atoms with Crippen LogP contribution in [0.3, 0.4) is 0 Å². The Labute approximate surface area is 240 Å². The number of aliphatic hydroxyl groups is 1. The quantitative estimate of drug-likeness (QED) is 0.137. The highest BCUT2D eigenvalue weighted by Crippen LogP contribution is 2.12. The van der Waals surface area contributed by atoms with Gasteiger partial charge in [-0.05, 0) is 79.8 Å². The second-order valence-corrected chi connectivity index (χ2v) is 8.88. The SMILES string of the molecule is C.C[C@@H](NCC(=O)Nc1ccc(C#CC#Cc2ccc(C(=O)N[C@H](C(=O)NO)[C@@H](C)O)cc2)cc1)c1ccccc1. The van der Waals surface area contributed by atoms with Crippen molar-refractivity contribution in [2.45, 2.75) is 39.5 Å². The molecule has 3 rings (SSSR count). The van der Waals surface area contributed by atoms with Gasteiger partial charge in [0, 0.05) is 28.4 Å². The average molecular weight is 555 g/mol. The van der Waals surface area contributed by atoms with Crippen LogP contribution >= 0.6 is 0 Å². The maximum absolute atomic E-state index is 12.3. The summed E-state index contributed by atoms with van der Waals surface area (Å²) < 4.78 is 0. The van der Waals surface area contributed by atoms with Crippen molar-refractivity contribution in [2.24, 2.45) is 0 Å². The zero-order chi connectivity index (χ0) is 28.9. The van der Waals surface area contributed by atoms with Crippen LogP contribution in [-0.4, -0.2) is 46.7 Å². The maximum Gasteiger partial charge on any atom is 0.268 e. The van der Waals surface area contributed by atoms with Crippen molar-refractivity contribution in [3.63, 3.8) is 0 Å². The molecule has 0 unspecified atom stereocenters. The predicted molar refractivity (Wildman–Crippen MR) is 158 cm³/mol. The molecule has 0 bridgehead atoms. The molecule has 0 aliphatic heterocycles. The number of nitrogens with one attached hydrogen (secondary N) is 4. The van der Waals surface area contributed by atoms with Gasteiger partial charge in [-0.25, -0.2) is 5.48 Å². The molecule has 9 nitrogen and oxygen atoms in total. The Morgan fingerprint density at radius 3 is 1.93 bits per heavy atom. The number of amides is 3. The first kappa shape index (κ1) is 32.3. The van der Waals surface area contributed by atoms with Gasteiger partial charge in [0.25, 0.3) is 11.8 Å². The van der Waals surface area contributed by atoms with E-state index in [1.165, 1.54) is 24.5 Å². The minimum absolute atomic E-state index is 0. The Bertz CT molecular complexity index is 1430. The molecule has 0 radical (unpaired) electrons.